The van der Waals surface area contributed by atoms with E-state index in [0.717, 1.165) is 64.2 Å². The van der Waals surface area contributed by atoms with Crippen LogP contribution in [0.3, 0.4) is 0 Å². The minimum atomic E-state index is -4.70. The number of carbonyl (C=O) groups is 2. The summed E-state index contributed by atoms with van der Waals surface area (Å²) in [4.78, 5) is 35.2. The molecule has 8 atom stereocenters. The third-order valence-corrected chi connectivity index (χ3v) is 10.9. The molecule has 0 spiro atoms. The van der Waals surface area contributed by atoms with Gasteiger partial charge in [0.25, 0.3) is 0 Å². The standard InChI is InChI=1S/C46H79O14P/c1-3-5-7-8-9-10-11-12-13-14-15-16-17-18-19-20-26-30-45(52)59-40(37-58-61(54,55)57-35-39(49)34-47)36-56-44(51)29-25-22-21-24-28-41-42(50)33-46(53)60-43(41)32-31-38(48)27-23-6-4-2/h9-10,12-13,15-16,21,24,31-32,38-43,46-50,53H,3-8,11,14,17-20,22-23,25-30,33-37H2,1-2H3,(H,54,55)/b10-9-,13-12-,16-15-,24-21-,32-31+/t38-,39-,40+,41-,42-,43+,46?/m0/s1. The number of phosphoric ester groups is 1. The highest BCUT2D eigenvalue weighted by molar-refractivity contribution is 7.47. The van der Waals surface area contributed by atoms with Gasteiger partial charge in [-0.2, -0.15) is 0 Å². The number of allylic oxidation sites excluding steroid dienone is 8. The molecule has 1 heterocycles. The highest BCUT2D eigenvalue weighted by atomic mass is 31.2. The molecular weight excluding hydrogens is 807 g/mol. The zero-order valence-electron chi connectivity index (χ0n) is 36.9. The van der Waals surface area contributed by atoms with Crippen LogP contribution in [-0.4, -0.2) is 106 Å². The molecule has 14 nitrogen and oxygen atoms in total. The Morgan fingerprint density at radius 2 is 1.33 bits per heavy atom. The van der Waals surface area contributed by atoms with Crippen LogP contribution in [0.4, 0.5) is 0 Å². The van der Waals surface area contributed by atoms with E-state index in [1.165, 1.54) is 19.3 Å². The van der Waals surface area contributed by atoms with E-state index in [-0.39, 0.29) is 25.2 Å². The lowest BCUT2D eigenvalue weighted by atomic mass is 9.87. The second-order valence-electron chi connectivity index (χ2n) is 15.6. The van der Waals surface area contributed by atoms with Crippen molar-refractivity contribution in [2.75, 3.05) is 26.4 Å². The van der Waals surface area contributed by atoms with Crippen LogP contribution >= 0.6 is 7.82 Å². The Morgan fingerprint density at radius 1 is 0.738 bits per heavy atom. The molecule has 1 saturated heterocycles. The lowest BCUT2D eigenvalue weighted by Crippen LogP contribution is -2.43. The van der Waals surface area contributed by atoms with Gasteiger partial charge in [0.15, 0.2) is 12.4 Å². The Bertz CT molecular complexity index is 1320. The van der Waals surface area contributed by atoms with Gasteiger partial charge in [0.05, 0.1) is 38.1 Å². The summed E-state index contributed by atoms with van der Waals surface area (Å²) in [6, 6.07) is 0. The number of hydrogen-bond acceptors (Lipinski definition) is 13. The molecule has 352 valence electrons. The lowest BCUT2D eigenvalue weighted by Gasteiger charge is -2.36. The predicted molar refractivity (Wildman–Crippen MR) is 236 cm³/mol. The maximum Gasteiger partial charge on any atom is 0.472 e. The van der Waals surface area contributed by atoms with E-state index in [2.05, 4.69) is 54.8 Å². The van der Waals surface area contributed by atoms with Crippen molar-refractivity contribution in [1.82, 2.24) is 0 Å². The van der Waals surface area contributed by atoms with Gasteiger partial charge < -0.3 is 44.6 Å². The summed E-state index contributed by atoms with van der Waals surface area (Å²) in [5.74, 6) is -1.48. The highest BCUT2D eigenvalue weighted by Gasteiger charge is 2.35. The summed E-state index contributed by atoms with van der Waals surface area (Å²) in [7, 11) is -4.70. The summed E-state index contributed by atoms with van der Waals surface area (Å²) < 4.78 is 38.3. The van der Waals surface area contributed by atoms with Crippen LogP contribution in [0.15, 0.2) is 60.8 Å². The number of ether oxygens (including phenoxy) is 3. The third-order valence-electron chi connectivity index (χ3n) is 9.94. The molecule has 1 fully saturated rings. The summed E-state index contributed by atoms with van der Waals surface area (Å²) >= 11 is 0. The number of carbonyl (C=O) groups excluding carboxylic acids is 2. The molecule has 0 aromatic heterocycles. The summed E-state index contributed by atoms with van der Waals surface area (Å²) in [6.07, 6.45) is 30.8. The molecule has 0 saturated carbocycles. The normalized spacial score (nSPS) is 21.2. The van der Waals surface area contributed by atoms with Crippen LogP contribution < -0.4 is 0 Å². The van der Waals surface area contributed by atoms with Crippen LogP contribution in [-0.2, 0) is 37.4 Å². The molecule has 0 aromatic rings. The Kier molecular flexibility index (Phi) is 34.2. The quantitative estimate of drug-likeness (QED) is 0.0151. The van der Waals surface area contributed by atoms with Crippen molar-refractivity contribution in [3.8, 4) is 0 Å². The first kappa shape index (κ1) is 56.5. The number of rotatable bonds is 37. The highest BCUT2D eigenvalue weighted by Crippen LogP contribution is 2.43. The molecule has 0 bridgehead atoms. The second-order valence-corrected chi connectivity index (χ2v) is 17.0. The smallest absolute Gasteiger partial charge is 0.462 e. The van der Waals surface area contributed by atoms with Gasteiger partial charge in [0.1, 0.15) is 12.7 Å². The molecule has 1 aliphatic heterocycles. The molecule has 61 heavy (non-hydrogen) atoms. The first-order valence-electron chi connectivity index (χ1n) is 22.6. The number of phosphoric acid groups is 1. The summed E-state index contributed by atoms with van der Waals surface area (Å²) in [5.41, 5.74) is 0. The summed E-state index contributed by atoms with van der Waals surface area (Å²) in [5, 5.41) is 49.3. The van der Waals surface area contributed by atoms with Crippen LogP contribution in [0.2, 0.25) is 0 Å². The second kappa shape index (κ2) is 36.9. The number of esters is 2. The van der Waals surface area contributed by atoms with Crippen molar-refractivity contribution in [2.24, 2.45) is 5.92 Å². The van der Waals surface area contributed by atoms with Crippen molar-refractivity contribution in [3.63, 3.8) is 0 Å². The lowest BCUT2D eigenvalue weighted by molar-refractivity contribution is -0.199. The molecule has 0 radical (unpaired) electrons. The maximum atomic E-state index is 12.7. The van der Waals surface area contributed by atoms with Crippen molar-refractivity contribution in [1.29, 1.82) is 0 Å². The average Bonchev–Trinajstić information content (AvgIpc) is 3.23. The van der Waals surface area contributed by atoms with E-state index in [0.29, 0.717) is 32.1 Å². The Balaban J connectivity index is 2.51. The van der Waals surface area contributed by atoms with Gasteiger partial charge in [-0.05, 0) is 70.6 Å². The fourth-order valence-corrected chi connectivity index (χ4v) is 7.12. The zero-order valence-corrected chi connectivity index (χ0v) is 37.8. The van der Waals surface area contributed by atoms with Gasteiger partial charge in [0.2, 0.25) is 0 Å². The van der Waals surface area contributed by atoms with E-state index in [1.807, 2.05) is 12.2 Å². The van der Waals surface area contributed by atoms with E-state index in [1.54, 1.807) is 12.2 Å². The van der Waals surface area contributed by atoms with Crippen molar-refractivity contribution in [2.45, 2.75) is 185 Å². The number of aliphatic hydroxyl groups excluding tert-OH is 5. The molecule has 6 N–H and O–H groups in total. The van der Waals surface area contributed by atoms with E-state index in [9.17, 15) is 39.5 Å². The summed E-state index contributed by atoms with van der Waals surface area (Å²) in [6.45, 7) is 1.90. The van der Waals surface area contributed by atoms with E-state index >= 15 is 0 Å². The van der Waals surface area contributed by atoms with Crippen molar-refractivity contribution in [3.05, 3.63) is 60.8 Å². The molecule has 0 aliphatic carbocycles. The van der Waals surface area contributed by atoms with Crippen molar-refractivity contribution >= 4 is 19.8 Å². The van der Waals surface area contributed by atoms with Crippen LogP contribution in [0, 0.1) is 5.92 Å². The molecule has 1 rings (SSSR count). The minimum absolute atomic E-state index is 0.0396. The van der Waals surface area contributed by atoms with Gasteiger partial charge in [0, 0.05) is 25.2 Å². The van der Waals surface area contributed by atoms with E-state index < -0.39 is 83.0 Å². The van der Waals surface area contributed by atoms with Gasteiger partial charge in [-0.3, -0.25) is 18.6 Å². The molecule has 1 aliphatic rings. The van der Waals surface area contributed by atoms with Gasteiger partial charge in [-0.1, -0.05) is 120 Å². The number of unbranched alkanes of at least 4 members (excludes halogenated alkanes) is 10. The van der Waals surface area contributed by atoms with Gasteiger partial charge >= 0.3 is 19.8 Å². The van der Waals surface area contributed by atoms with Crippen molar-refractivity contribution < 1.29 is 67.8 Å². The van der Waals surface area contributed by atoms with Crippen LogP contribution in [0.25, 0.3) is 0 Å². The SMILES string of the molecule is CCCCC/C=C\C/C=C\C/C=C\CCCCCCC(=O)O[C@H](COC(=O)CCC/C=C\C[C@H]1[C@@H](O)CC(O)O[C@@H]1/C=C/[C@@H](O)CCCCC)COP(=O)(O)OC[C@@H](O)CO. The fourth-order valence-electron chi connectivity index (χ4n) is 6.33. The first-order valence-corrected chi connectivity index (χ1v) is 24.1. The molecule has 0 amide bonds. The minimum Gasteiger partial charge on any atom is -0.462 e. The molecule has 2 unspecified atom stereocenters. The topological polar surface area (TPSA) is 219 Å². The first-order chi connectivity index (χ1) is 29.4. The monoisotopic (exact) mass is 887 g/mol. The van der Waals surface area contributed by atoms with Crippen LogP contribution in [0.1, 0.15) is 149 Å². The number of hydrogen-bond donors (Lipinski definition) is 6. The number of aliphatic hydroxyl groups is 5. The Hall–Kier alpha value is -2.49. The zero-order chi connectivity index (χ0) is 45.0. The van der Waals surface area contributed by atoms with Gasteiger partial charge in [-0.25, -0.2) is 4.57 Å². The van der Waals surface area contributed by atoms with Crippen LogP contribution in [0.5, 0.6) is 0 Å². The molecule has 0 aromatic carbocycles. The van der Waals surface area contributed by atoms with Gasteiger partial charge in [-0.15, -0.1) is 0 Å². The Labute approximate surface area is 365 Å². The largest absolute Gasteiger partial charge is 0.472 e. The molecular formula is C46H79O14P. The fraction of sp³-hybridized carbons (Fsp3) is 0.739. The average molecular weight is 887 g/mol. The third kappa shape index (κ3) is 31.9. The molecule has 15 heteroatoms. The maximum absolute atomic E-state index is 12.7. The predicted octanol–water partition coefficient (Wildman–Crippen LogP) is 8.00. The Morgan fingerprint density at radius 3 is 2.02 bits per heavy atom. The van der Waals surface area contributed by atoms with E-state index in [4.69, 9.17) is 23.8 Å².